The van der Waals surface area contributed by atoms with Crippen LogP contribution >= 0.6 is 0 Å². The van der Waals surface area contributed by atoms with Gasteiger partial charge < -0.3 is 10.6 Å². The normalized spacial score (nSPS) is 26.9. The summed E-state index contributed by atoms with van der Waals surface area (Å²) in [6.45, 7) is -0.498. The zero-order valence-corrected chi connectivity index (χ0v) is 8.25. The van der Waals surface area contributed by atoms with E-state index in [0.717, 1.165) is 24.2 Å². The Hall–Kier alpha value is -0.710. The number of nitrogens with two attached hydrogens (primary N) is 1. The standard InChI is InChI=1S/C9H16F2N2O/c1-13(5-8(10)11)9(14)6-3-2-4-7(6)12/h6-8H,2-5,12H2,1H3/t6-,7-/m0/s1. The number of carbonyl (C=O) groups excluding carboxylic acids is 1. The zero-order chi connectivity index (χ0) is 10.7. The summed E-state index contributed by atoms with van der Waals surface area (Å²) >= 11 is 0. The van der Waals surface area contributed by atoms with Crippen LogP contribution in [0.3, 0.4) is 0 Å². The third-order valence-corrected chi connectivity index (χ3v) is 2.67. The number of carbonyl (C=O) groups is 1. The van der Waals surface area contributed by atoms with Gasteiger partial charge in [0.25, 0.3) is 6.43 Å². The van der Waals surface area contributed by atoms with Crippen molar-refractivity contribution in [2.45, 2.75) is 31.7 Å². The van der Waals surface area contributed by atoms with Gasteiger partial charge in [0.05, 0.1) is 12.5 Å². The number of rotatable bonds is 3. The van der Waals surface area contributed by atoms with Gasteiger partial charge in [0.1, 0.15) is 0 Å². The lowest BCUT2D eigenvalue weighted by molar-refractivity contribution is -0.136. The lowest BCUT2D eigenvalue weighted by Gasteiger charge is -2.22. The first-order chi connectivity index (χ1) is 6.52. The highest BCUT2D eigenvalue weighted by Gasteiger charge is 2.32. The molecule has 0 aromatic heterocycles. The van der Waals surface area contributed by atoms with Gasteiger partial charge >= 0.3 is 0 Å². The van der Waals surface area contributed by atoms with Crippen molar-refractivity contribution in [1.82, 2.24) is 4.90 Å². The van der Waals surface area contributed by atoms with Gasteiger partial charge in [-0.15, -0.1) is 0 Å². The van der Waals surface area contributed by atoms with Gasteiger partial charge in [-0.05, 0) is 12.8 Å². The predicted octanol–water partition coefficient (Wildman–Crippen LogP) is 0.837. The van der Waals surface area contributed by atoms with E-state index in [4.69, 9.17) is 5.73 Å². The number of hydrogen-bond acceptors (Lipinski definition) is 2. The number of alkyl halides is 2. The molecule has 0 aliphatic heterocycles. The highest BCUT2D eigenvalue weighted by Crippen LogP contribution is 2.25. The minimum absolute atomic E-state index is 0.150. The van der Waals surface area contributed by atoms with E-state index in [2.05, 4.69) is 0 Å². The highest BCUT2D eigenvalue weighted by molar-refractivity contribution is 5.79. The molecule has 1 saturated carbocycles. The average Bonchev–Trinajstić information content (AvgIpc) is 2.48. The Balaban J connectivity index is 2.47. The minimum atomic E-state index is -2.47. The fourth-order valence-electron chi connectivity index (χ4n) is 1.88. The third kappa shape index (κ3) is 2.64. The summed E-state index contributed by atoms with van der Waals surface area (Å²) < 4.78 is 24.0. The van der Waals surface area contributed by atoms with Crippen molar-refractivity contribution in [3.8, 4) is 0 Å². The minimum Gasteiger partial charge on any atom is -0.340 e. The first kappa shape index (κ1) is 11.4. The van der Waals surface area contributed by atoms with E-state index < -0.39 is 13.0 Å². The number of amides is 1. The molecule has 0 unspecified atom stereocenters. The zero-order valence-electron chi connectivity index (χ0n) is 8.25. The van der Waals surface area contributed by atoms with Gasteiger partial charge in [0.2, 0.25) is 5.91 Å². The maximum absolute atomic E-state index is 12.0. The van der Waals surface area contributed by atoms with Crippen LogP contribution in [-0.4, -0.2) is 36.9 Å². The quantitative estimate of drug-likeness (QED) is 0.743. The SMILES string of the molecule is CN(CC(F)F)C(=O)[C@H]1CCC[C@@H]1N. The fourth-order valence-corrected chi connectivity index (χ4v) is 1.88. The van der Waals surface area contributed by atoms with Crippen LogP contribution in [0.4, 0.5) is 8.78 Å². The van der Waals surface area contributed by atoms with Gasteiger partial charge in [-0.2, -0.15) is 0 Å². The molecular weight excluding hydrogens is 190 g/mol. The van der Waals surface area contributed by atoms with Gasteiger partial charge in [0.15, 0.2) is 0 Å². The molecule has 0 heterocycles. The summed E-state index contributed by atoms with van der Waals surface area (Å²) in [5, 5.41) is 0. The second-order valence-corrected chi connectivity index (χ2v) is 3.81. The largest absolute Gasteiger partial charge is 0.340 e. The lowest BCUT2D eigenvalue weighted by atomic mass is 10.0. The Morgan fingerprint density at radius 2 is 2.21 bits per heavy atom. The molecule has 82 valence electrons. The van der Waals surface area contributed by atoms with Crippen LogP contribution in [0, 0.1) is 5.92 Å². The summed E-state index contributed by atoms with van der Waals surface area (Å²) in [7, 11) is 1.40. The topological polar surface area (TPSA) is 46.3 Å². The molecule has 3 nitrogen and oxygen atoms in total. The second kappa shape index (κ2) is 4.68. The smallest absolute Gasteiger partial charge is 0.255 e. The van der Waals surface area contributed by atoms with E-state index in [-0.39, 0.29) is 17.9 Å². The Labute approximate surface area is 82.2 Å². The summed E-state index contributed by atoms with van der Waals surface area (Å²) in [5.41, 5.74) is 5.71. The van der Waals surface area contributed by atoms with Crippen LogP contribution in [0.15, 0.2) is 0 Å². The molecule has 0 aromatic rings. The van der Waals surface area contributed by atoms with E-state index in [0.29, 0.717) is 0 Å². The Bertz CT molecular complexity index is 211. The number of halogens is 2. The molecule has 14 heavy (non-hydrogen) atoms. The molecule has 2 atom stereocenters. The molecule has 1 aliphatic carbocycles. The van der Waals surface area contributed by atoms with Crippen LogP contribution in [0.2, 0.25) is 0 Å². The molecule has 1 fully saturated rings. The predicted molar refractivity (Wildman–Crippen MR) is 49.0 cm³/mol. The van der Waals surface area contributed by atoms with Crippen LogP contribution in [0.5, 0.6) is 0 Å². The maximum atomic E-state index is 12.0. The molecule has 0 bridgehead atoms. The summed E-state index contributed by atoms with van der Waals surface area (Å²) in [6.07, 6.45) is -0.00589. The maximum Gasteiger partial charge on any atom is 0.255 e. The highest BCUT2D eigenvalue weighted by atomic mass is 19.3. The van der Waals surface area contributed by atoms with Gasteiger partial charge in [-0.1, -0.05) is 6.42 Å². The van der Waals surface area contributed by atoms with Crippen molar-refractivity contribution >= 4 is 5.91 Å². The summed E-state index contributed by atoms with van der Waals surface area (Å²) in [6, 6.07) is -0.150. The van der Waals surface area contributed by atoms with Gasteiger partial charge in [-0.3, -0.25) is 4.79 Å². The Kier molecular flexibility index (Phi) is 3.80. The van der Waals surface area contributed by atoms with Crippen molar-refractivity contribution in [3.05, 3.63) is 0 Å². The molecule has 1 aliphatic rings. The molecule has 0 radical (unpaired) electrons. The summed E-state index contributed by atoms with van der Waals surface area (Å²) in [5.74, 6) is -0.492. The third-order valence-electron chi connectivity index (χ3n) is 2.67. The van der Waals surface area contributed by atoms with E-state index in [1.165, 1.54) is 7.05 Å². The molecule has 0 spiro atoms. The number of nitrogens with zero attached hydrogens (tertiary/aromatic N) is 1. The van der Waals surface area contributed by atoms with E-state index >= 15 is 0 Å². The van der Waals surface area contributed by atoms with E-state index in [1.807, 2.05) is 0 Å². The fraction of sp³-hybridized carbons (Fsp3) is 0.889. The van der Waals surface area contributed by atoms with Crippen LogP contribution in [0.1, 0.15) is 19.3 Å². The Morgan fingerprint density at radius 1 is 1.57 bits per heavy atom. The molecule has 0 aromatic carbocycles. The molecule has 2 N–H and O–H groups in total. The van der Waals surface area contributed by atoms with Crippen molar-refractivity contribution < 1.29 is 13.6 Å². The first-order valence-electron chi connectivity index (χ1n) is 4.81. The Morgan fingerprint density at radius 3 is 2.64 bits per heavy atom. The van der Waals surface area contributed by atoms with Gasteiger partial charge in [-0.25, -0.2) is 8.78 Å². The average molecular weight is 206 g/mol. The second-order valence-electron chi connectivity index (χ2n) is 3.81. The molecule has 1 rings (SSSR count). The van der Waals surface area contributed by atoms with E-state index in [9.17, 15) is 13.6 Å². The number of hydrogen-bond donors (Lipinski definition) is 1. The van der Waals surface area contributed by atoms with Crippen LogP contribution in [-0.2, 0) is 4.79 Å². The summed E-state index contributed by atoms with van der Waals surface area (Å²) in [4.78, 5) is 12.7. The van der Waals surface area contributed by atoms with Crippen LogP contribution in [0.25, 0.3) is 0 Å². The molecule has 1 amide bonds. The van der Waals surface area contributed by atoms with Crippen molar-refractivity contribution in [2.75, 3.05) is 13.6 Å². The van der Waals surface area contributed by atoms with Crippen LogP contribution < -0.4 is 5.73 Å². The lowest BCUT2D eigenvalue weighted by Crippen LogP contribution is -2.41. The van der Waals surface area contributed by atoms with Crippen molar-refractivity contribution in [3.63, 3.8) is 0 Å². The van der Waals surface area contributed by atoms with Crippen molar-refractivity contribution in [2.24, 2.45) is 11.7 Å². The van der Waals surface area contributed by atoms with E-state index in [1.54, 1.807) is 0 Å². The molecule has 5 heteroatoms. The molecule has 0 saturated heterocycles. The van der Waals surface area contributed by atoms with Gasteiger partial charge in [0, 0.05) is 13.1 Å². The first-order valence-corrected chi connectivity index (χ1v) is 4.81. The molecular formula is C9H16F2N2O. The monoisotopic (exact) mass is 206 g/mol. The van der Waals surface area contributed by atoms with Crippen molar-refractivity contribution in [1.29, 1.82) is 0 Å².